The zero-order valence-electron chi connectivity index (χ0n) is 19.9. The highest BCUT2D eigenvalue weighted by Gasteiger charge is 2.29. The average molecular weight is 497 g/mol. The number of aryl methyl sites for hydroxylation is 1. The smallest absolute Gasteiger partial charge is 0.264 e. The molecule has 1 heterocycles. The Bertz CT molecular complexity index is 1400. The van der Waals surface area contributed by atoms with Gasteiger partial charge in [-0.2, -0.15) is 0 Å². The van der Waals surface area contributed by atoms with Crippen LogP contribution in [0.1, 0.15) is 35.4 Å². The zero-order chi connectivity index (χ0) is 25.0. The molecule has 1 aliphatic heterocycles. The number of nitrogens with one attached hydrogen (secondary N) is 1. The van der Waals surface area contributed by atoms with Crippen molar-refractivity contribution in [3.05, 3.63) is 126 Å². The summed E-state index contributed by atoms with van der Waals surface area (Å²) in [6.07, 6.45) is 1.94. The minimum atomic E-state index is -3.69. The van der Waals surface area contributed by atoms with Crippen molar-refractivity contribution in [3.8, 4) is 0 Å². The van der Waals surface area contributed by atoms with E-state index in [-0.39, 0.29) is 23.1 Å². The first kappa shape index (κ1) is 23.8. The quantitative estimate of drug-likeness (QED) is 0.342. The van der Waals surface area contributed by atoms with Crippen LogP contribution in [-0.4, -0.2) is 20.9 Å². The molecule has 0 bridgehead atoms. The molecule has 1 amide bonds. The van der Waals surface area contributed by atoms with Crippen LogP contribution in [0.4, 0.5) is 11.4 Å². The van der Waals surface area contributed by atoms with E-state index < -0.39 is 10.0 Å². The minimum Gasteiger partial charge on any atom is -0.326 e. The molecule has 0 radical (unpaired) electrons. The highest BCUT2D eigenvalue weighted by Crippen LogP contribution is 2.32. The van der Waals surface area contributed by atoms with E-state index in [9.17, 15) is 13.2 Å². The molecule has 0 fully saturated rings. The van der Waals surface area contributed by atoms with Crippen LogP contribution in [0.2, 0.25) is 0 Å². The number of sulfonamides is 1. The lowest BCUT2D eigenvalue weighted by Gasteiger charge is -2.30. The maximum Gasteiger partial charge on any atom is 0.264 e. The van der Waals surface area contributed by atoms with Crippen LogP contribution in [0.3, 0.4) is 0 Å². The Morgan fingerprint density at radius 3 is 2.00 bits per heavy atom. The molecular formula is C30H28N2O3S. The number of carbonyl (C=O) groups excluding carboxylic acids is 1. The first-order valence-electron chi connectivity index (χ1n) is 12.1. The molecule has 1 aliphatic rings. The van der Waals surface area contributed by atoms with E-state index in [1.54, 1.807) is 24.3 Å². The van der Waals surface area contributed by atoms with E-state index in [0.29, 0.717) is 12.2 Å². The summed E-state index contributed by atoms with van der Waals surface area (Å²) in [6.45, 7) is 0.457. The van der Waals surface area contributed by atoms with Crippen LogP contribution in [0.25, 0.3) is 0 Å². The first-order chi connectivity index (χ1) is 17.5. The largest absolute Gasteiger partial charge is 0.326 e. The van der Waals surface area contributed by atoms with E-state index >= 15 is 0 Å². The summed E-state index contributed by atoms with van der Waals surface area (Å²) in [4.78, 5) is 13.2. The van der Waals surface area contributed by atoms with Crippen molar-refractivity contribution in [2.45, 2.75) is 30.1 Å². The third-order valence-electron chi connectivity index (χ3n) is 6.59. The Balaban J connectivity index is 1.32. The van der Waals surface area contributed by atoms with Gasteiger partial charge in [0.05, 0.1) is 10.6 Å². The number of amides is 1. The molecule has 0 spiro atoms. The lowest BCUT2D eigenvalue weighted by Crippen LogP contribution is -2.35. The number of benzene rings is 4. The normalized spacial score (nSPS) is 13.3. The van der Waals surface area contributed by atoms with E-state index in [0.717, 1.165) is 35.2 Å². The van der Waals surface area contributed by atoms with Gasteiger partial charge in [-0.05, 0) is 59.9 Å². The van der Waals surface area contributed by atoms with Crippen LogP contribution in [0.5, 0.6) is 0 Å². The van der Waals surface area contributed by atoms with Gasteiger partial charge in [-0.25, -0.2) is 8.42 Å². The molecule has 0 unspecified atom stereocenters. The van der Waals surface area contributed by atoms with Gasteiger partial charge < -0.3 is 5.32 Å². The van der Waals surface area contributed by atoms with Gasteiger partial charge in [0.1, 0.15) is 0 Å². The fourth-order valence-corrected chi connectivity index (χ4v) is 6.32. The van der Waals surface area contributed by atoms with Crippen molar-refractivity contribution in [2.75, 3.05) is 16.2 Å². The predicted molar refractivity (Wildman–Crippen MR) is 144 cm³/mol. The van der Waals surface area contributed by atoms with Gasteiger partial charge in [0.25, 0.3) is 10.0 Å². The van der Waals surface area contributed by atoms with Gasteiger partial charge in [-0.15, -0.1) is 0 Å². The topological polar surface area (TPSA) is 66.5 Å². The van der Waals surface area contributed by atoms with E-state index in [2.05, 4.69) is 5.32 Å². The number of para-hydroxylation sites is 1. The first-order valence-corrected chi connectivity index (χ1v) is 13.6. The van der Waals surface area contributed by atoms with Gasteiger partial charge in [-0.3, -0.25) is 9.10 Å². The second kappa shape index (κ2) is 10.4. The van der Waals surface area contributed by atoms with Crippen LogP contribution in [0.15, 0.2) is 114 Å². The Kier molecular flexibility index (Phi) is 6.87. The second-order valence-corrected chi connectivity index (χ2v) is 10.8. The highest BCUT2D eigenvalue weighted by atomic mass is 32.2. The van der Waals surface area contributed by atoms with E-state index in [1.807, 2.05) is 84.9 Å². The SMILES string of the molecule is O=C(CC(c1ccccc1)c1ccccc1)Nc1ccc(S(=O)(=O)N2CCCc3ccccc32)cc1. The Hall–Kier alpha value is -3.90. The summed E-state index contributed by atoms with van der Waals surface area (Å²) >= 11 is 0. The lowest BCUT2D eigenvalue weighted by molar-refractivity contribution is -0.116. The van der Waals surface area contributed by atoms with E-state index in [4.69, 9.17) is 0 Å². The van der Waals surface area contributed by atoms with Crippen molar-refractivity contribution in [3.63, 3.8) is 0 Å². The summed E-state index contributed by atoms with van der Waals surface area (Å²) in [7, 11) is -3.69. The maximum atomic E-state index is 13.4. The zero-order valence-corrected chi connectivity index (χ0v) is 20.7. The van der Waals surface area contributed by atoms with Crippen LogP contribution < -0.4 is 9.62 Å². The molecule has 0 atom stereocenters. The van der Waals surface area contributed by atoms with Crippen molar-refractivity contribution in [1.29, 1.82) is 0 Å². The van der Waals surface area contributed by atoms with Gasteiger partial charge in [0.15, 0.2) is 0 Å². The number of carbonyl (C=O) groups is 1. The average Bonchev–Trinajstić information content (AvgIpc) is 2.92. The number of rotatable bonds is 7. The van der Waals surface area contributed by atoms with Crippen LogP contribution >= 0.6 is 0 Å². The van der Waals surface area contributed by atoms with Crippen LogP contribution in [0, 0.1) is 0 Å². The van der Waals surface area contributed by atoms with E-state index in [1.165, 1.54) is 4.31 Å². The summed E-state index contributed by atoms with van der Waals surface area (Å²) in [5.41, 5.74) is 4.50. The predicted octanol–water partition coefficient (Wildman–Crippen LogP) is 5.99. The number of anilines is 2. The monoisotopic (exact) mass is 496 g/mol. The molecule has 182 valence electrons. The second-order valence-electron chi connectivity index (χ2n) is 8.96. The molecule has 36 heavy (non-hydrogen) atoms. The molecule has 0 saturated heterocycles. The number of fused-ring (bicyclic) bond motifs is 1. The molecule has 0 saturated carbocycles. The van der Waals surface area contributed by atoms with Crippen molar-refractivity contribution in [1.82, 2.24) is 0 Å². The molecule has 5 rings (SSSR count). The molecule has 5 nitrogen and oxygen atoms in total. The fraction of sp³-hybridized carbons (Fsp3) is 0.167. The summed E-state index contributed by atoms with van der Waals surface area (Å²) < 4.78 is 28.3. The molecule has 0 aliphatic carbocycles. The third kappa shape index (κ3) is 5.04. The summed E-state index contributed by atoms with van der Waals surface area (Å²) in [5.74, 6) is -0.209. The minimum absolute atomic E-state index is 0.0776. The van der Waals surface area contributed by atoms with Crippen molar-refractivity contribution >= 4 is 27.3 Å². The Morgan fingerprint density at radius 1 is 0.778 bits per heavy atom. The maximum absolute atomic E-state index is 13.4. The molecule has 0 aromatic heterocycles. The Labute approximate surface area is 212 Å². The molecule has 4 aromatic carbocycles. The molecule has 4 aromatic rings. The molecule has 1 N–H and O–H groups in total. The standard InChI is InChI=1S/C30H28N2O3S/c33-30(22-28(23-10-3-1-4-11-23)24-12-5-2-6-13-24)31-26-17-19-27(20-18-26)36(34,35)32-21-9-15-25-14-7-8-16-29(25)32/h1-8,10-14,16-20,28H,9,15,21-22H2,(H,31,33). The summed E-state index contributed by atoms with van der Waals surface area (Å²) in [6, 6.07) is 34.0. The lowest BCUT2D eigenvalue weighted by atomic mass is 9.88. The Morgan fingerprint density at radius 2 is 1.36 bits per heavy atom. The fourth-order valence-electron chi connectivity index (χ4n) is 4.78. The number of nitrogens with zero attached hydrogens (tertiary/aromatic N) is 1. The third-order valence-corrected chi connectivity index (χ3v) is 8.41. The van der Waals surface area contributed by atoms with Crippen molar-refractivity contribution in [2.24, 2.45) is 0 Å². The van der Waals surface area contributed by atoms with Crippen LogP contribution in [-0.2, 0) is 21.2 Å². The molecule has 6 heteroatoms. The van der Waals surface area contributed by atoms with Crippen molar-refractivity contribution < 1.29 is 13.2 Å². The summed E-state index contributed by atoms with van der Waals surface area (Å²) in [5, 5.41) is 2.94. The molecular weight excluding hydrogens is 468 g/mol. The van der Waals surface area contributed by atoms with Gasteiger partial charge in [0, 0.05) is 24.6 Å². The highest BCUT2D eigenvalue weighted by molar-refractivity contribution is 7.92. The van der Waals surface area contributed by atoms with Gasteiger partial charge in [0.2, 0.25) is 5.91 Å². The number of hydrogen-bond donors (Lipinski definition) is 1. The van der Waals surface area contributed by atoms with Gasteiger partial charge >= 0.3 is 0 Å². The number of hydrogen-bond acceptors (Lipinski definition) is 3. The van der Waals surface area contributed by atoms with Gasteiger partial charge in [-0.1, -0.05) is 78.9 Å².